The van der Waals surface area contributed by atoms with Gasteiger partial charge in [0.05, 0.1) is 0 Å². The molecule has 0 atom stereocenters. The van der Waals surface area contributed by atoms with Crippen LogP contribution in [0, 0.1) is 5.92 Å². The topological polar surface area (TPSA) is 52.6 Å². The standard InChI is InChI=1S/C20H30O4/c1-4-5-6-7-14-19(21)23-17-12-8-9-13-18(17)24-20(22)15-10-11-16(2)3/h8-9,12-13,16H,4-7,10-11,14-15H2,1-3H3. The lowest BCUT2D eigenvalue weighted by Crippen LogP contribution is -2.12. The monoisotopic (exact) mass is 334 g/mol. The van der Waals surface area contributed by atoms with Gasteiger partial charge < -0.3 is 9.47 Å². The van der Waals surface area contributed by atoms with Crippen molar-refractivity contribution in [2.24, 2.45) is 5.92 Å². The van der Waals surface area contributed by atoms with Crippen LogP contribution in [-0.2, 0) is 9.59 Å². The van der Waals surface area contributed by atoms with E-state index in [4.69, 9.17) is 9.47 Å². The van der Waals surface area contributed by atoms with E-state index in [0.717, 1.165) is 38.5 Å². The zero-order chi connectivity index (χ0) is 17.8. The second-order valence-electron chi connectivity index (χ2n) is 6.49. The van der Waals surface area contributed by atoms with Crippen LogP contribution in [0.1, 0.15) is 72.1 Å². The van der Waals surface area contributed by atoms with Gasteiger partial charge in [-0.3, -0.25) is 9.59 Å². The largest absolute Gasteiger partial charge is 0.423 e. The Hall–Kier alpha value is -1.84. The van der Waals surface area contributed by atoms with Crippen LogP contribution in [0.25, 0.3) is 0 Å². The van der Waals surface area contributed by atoms with Crippen molar-refractivity contribution in [2.45, 2.75) is 72.1 Å². The Morgan fingerprint density at radius 3 is 1.92 bits per heavy atom. The summed E-state index contributed by atoms with van der Waals surface area (Å²) in [5, 5.41) is 0. The van der Waals surface area contributed by atoms with Crippen LogP contribution >= 0.6 is 0 Å². The van der Waals surface area contributed by atoms with Crippen LogP contribution in [0.15, 0.2) is 24.3 Å². The minimum Gasteiger partial charge on any atom is -0.423 e. The van der Waals surface area contributed by atoms with E-state index in [1.807, 2.05) is 0 Å². The van der Waals surface area contributed by atoms with Crippen molar-refractivity contribution in [2.75, 3.05) is 0 Å². The number of unbranched alkanes of at least 4 members (excludes halogenated alkanes) is 3. The number of benzene rings is 1. The van der Waals surface area contributed by atoms with Gasteiger partial charge in [-0.1, -0.05) is 58.6 Å². The molecular weight excluding hydrogens is 304 g/mol. The maximum absolute atomic E-state index is 11.9. The molecular formula is C20H30O4. The molecule has 4 heteroatoms. The Morgan fingerprint density at radius 2 is 1.42 bits per heavy atom. The average Bonchev–Trinajstić information content (AvgIpc) is 2.53. The summed E-state index contributed by atoms with van der Waals surface area (Å²) in [5.74, 6) is 0.624. The summed E-state index contributed by atoms with van der Waals surface area (Å²) in [4.78, 5) is 23.8. The molecule has 0 unspecified atom stereocenters. The van der Waals surface area contributed by atoms with Gasteiger partial charge >= 0.3 is 11.9 Å². The highest BCUT2D eigenvalue weighted by Crippen LogP contribution is 2.27. The van der Waals surface area contributed by atoms with E-state index in [1.54, 1.807) is 24.3 Å². The molecule has 134 valence electrons. The van der Waals surface area contributed by atoms with E-state index in [-0.39, 0.29) is 11.9 Å². The van der Waals surface area contributed by atoms with E-state index in [2.05, 4.69) is 20.8 Å². The molecule has 0 radical (unpaired) electrons. The van der Waals surface area contributed by atoms with Crippen LogP contribution in [0.4, 0.5) is 0 Å². The van der Waals surface area contributed by atoms with E-state index in [9.17, 15) is 9.59 Å². The van der Waals surface area contributed by atoms with Gasteiger partial charge in [0, 0.05) is 12.8 Å². The lowest BCUT2D eigenvalue weighted by atomic mass is 10.1. The zero-order valence-electron chi connectivity index (χ0n) is 15.2. The maximum atomic E-state index is 11.9. The zero-order valence-corrected chi connectivity index (χ0v) is 15.2. The molecule has 0 bridgehead atoms. The number of ether oxygens (including phenoxy) is 2. The van der Waals surface area contributed by atoms with Crippen LogP contribution in [-0.4, -0.2) is 11.9 Å². The molecule has 0 saturated carbocycles. The van der Waals surface area contributed by atoms with Crippen molar-refractivity contribution in [3.05, 3.63) is 24.3 Å². The molecule has 0 aliphatic carbocycles. The molecule has 0 heterocycles. The van der Waals surface area contributed by atoms with Gasteiger partial charge in [-0.15, -0.1) is 0 Å². The highest BCUT2D eigenvalue weighted by Gasteiger charge is 2.13. The summed E-state index contributed by atoms with van der Waals surface area (Å²) in [6.07, 6.45) is 6.65. The van der Waals surface area contributed by atoms with Gasteiger partial charge in [0.2, 0.25) is 0 Å². The summed E-state index contributed by atoms with van der Waals surface area (Å²) >= 11 is 0. The molecule has 0 N–H and O–H groups in total. The average molecular weight is 334 g/mol. The van der Waals surface area contributed by atoms with Crippen molar-refractivity contribution in [3.8, 4) is 11.5 Å². The quantitative estimate of drug-likeness (QED) is 0.313. The maximum Gasteiger partial charge on any atom is 0.311 e. The predicted molar refractivity (Wildman–Crippen MR) is 95.2 cm³/mol. The Kier molecular flexibility index (Phi) is 9.81. The Labute approximate surface area is 145 Å². The summed E-state index contributed by atoms with van der Waals surface area (Å²) < 4.78 is 10.7. The Morgan fingerprint density at radius 1 is 0.875 bits per heavy atom. The number of esters is 2. The predicted octanol–water partition coefficient (Wildman–Crippen LogP) is 5.29. The highest BCUT2D eigenvalue weighted by molar-refractivity contribution is 5.76. The van der Waals surface area contributed by atoms with E-state index < -0.39 is 0 Å². The van der Waals surface area contributed by atoms with Crippen molar-refractivity contribution in [1.82, 2.24) is 0 Å². The molecule has 24 heavy (non-hydrogen) atoms. The molecule has 0 aliphatic heterocycles. The smallest absolute Gasteiger partial charge is 0.311 e. The van der Waals surface area contributed by atoms with Gasteiger partial charge in [-0.05, 0) is 30.9 Å². The SMILES string of the molecule is CCCCCCC(=O)Oc1ccccc1OC(=O)CCCC(C)C. The van der Waals surface area contributed by atoms with Crippen molar-refractivity contribution >= 4 is 11.9 Å². The molecule has 4 nitrogen and oxygen atoms in total. The van der Waals surface area contributed by atoms with Crippen molar-refractivity contribution < 1.29 is 19.1 Å². The molecule has 1 rings (SSSR count). The van der Waals surface area contributed by atoms with Gasteiger partial charge in [0.1, 0.15) is 0 Å². The first kappa shape index (κ1) is 20.2. The molecule has 0 amide bonds. The normalized spacial score (nSPS) is 10.7. The van der Waals surface area contributed by atoms with Gasteiger partial charge in [0.15, 0.2) is 11.5 Å². The minimum absolute atomic E-state index is 0.283. The third kappa shape index (κ3) is 8.70. The first-order chi connectivity index (χ1) is 11.5. The number of carbonyl (C=O) groups is 2. The molecule has 0 saturated heterocycles. The highest BCUT2D eigenvalue weighted by atomic mass is 16.6. The van der Waals surface area contributed by atoms with Crippen LogP contribution < -0.4 is 9.47 Å². The number of para-hydroxylation sites is 2. The summed E-state index contributed by atoms with van der Waals surface area (Å²) in [7, 11) is 0. The summed E-state index contributed by atoms with van der Waals surface area (Å²) in [6.45, 7) is 6.38. The second kappa shape index (κ2) is 11.7. The fourth-order valence-electron chi connectivity index (χ4n) is 2.32. The van der Waals surface area contributed by atoms with Gasteiger partial charge in [0.25, 0.3) is 0 Å². The first-order valence-electron chi connectivity index (χ1n) is 9.03. The lowest BCUT2D eigenvalue weighted by molar-refractivity contribution is -0.137. The Balaban J connectivity index is 2.48. The fourth-order valence-corrected chi connectivity index (χ4v) is 2.32. The van der Waals surface area contributed by atoms with E-state index in [0.29, 0.717) is 30.3 Å². The number of hydrogen-bond donors (Lipinski definition) is 0. The van der Waals surface area contributed by atoms with Crippen LogP contribution in [0.3, 0.4) is 0 Å². The number of hydrogen-bond acceptors (Lipinski definition) is 4. The first-order valence-corrected chi connectivity index (χ1v) is 9.03. The van der Waals surface area contributed by atoms with Crippen molar-refractivity contribution in [3.63, 3.8) is 0 Å². The van der Waals surface area contributed by atoms with Gasteiger partial charge in [-0.2, -0.15) is 0 Å². The molecule has 1 aromatic carbocycles. The summed E-state index contributed by atoms with van der Waals surface area (Å²) in [6, 6.07) is 6.83. The third-order valence-corrected chi connectivity index (χ3v) is 3.69. The van der Waals surface area contributed by atoms with Gasteiger partial charge in [-0.25, -0.2) is 0 Å². The second-order valence-corrected chi connectivity index (χ2v) is 6.49. The molecule has 0 spiro atoms. The minimum atomic E-state index is -0.290. The fraction of sp³-hybridized carbons (Fsp3) is 0.600. The number of rotatable bonds is 11. The van der Waals surface area contributed by atoms with Crippen LogP contribution in [0.5, 0.6) is 11.5 Å². The number of carbonyl (C=O) groups excluding carboxylic acids is 2. The molecule has 0 fully saturated rings. The van der Waals surface area contributed by atoms with Crippen LogP contribution in [0.2, 0.25) is 0 Å². The summed E-state index contributed by atoms with van der Waals surface area (Å²) in [5.41, 5.74) is 0. The van der Waals surface area contributed by atoms with E-state index in [1.165, 1.54) is 0 Å². The Bertz CT molecular complexity index is 508. The molecule has 0 aliphatic rings. The third-order valence-electron chi connectivity index (χ3n) is 3.69. The lowest BCUT2D eigenvalue weighted by Gasteiger charge is -2.10. The van der Waals surface area contributed by atoms with E-state index >= 15 is 0 Å². The molecule has 1 aromatic rings. The van der Waals surface area contributed by atoms with Crippen molar-refractivity contribution in [1.29, 1.82) is 0 Å². The molecule has 0 aromatic heterocycles.